The Labute approximate surface area is 305 Å². The number of benzene rings is 2. The zero-order chi connectivity index (χ0) is 37.9. The van der Waals surface area contributed by atoms with Gasteiger partial charge in [0.2, 0.25) is 21.8 Å². The van der Waals surface area contributed by atoms with E-state index >= 15 is 0 Å². The van der Waals surface area contributed by atoms with Gasteiger partial charge >= 0.3 is 0 Å². The van der Waals surface area contributed by atoms with Gasteiger partial charge in [0.1, 0.15) is 6.04 Å². The largest absolute Gasteiger partial charge is 0.355 e. The molecule has 4 atom stereocenters. The van der Waals surface area contributed by atoms with E-state index in [0.717, 1.165) is 27.4 Å². The standard InChI is InChI=1S/C36H51N7O6S2/c1-9-37-36(47)32(13-22(2)3)42-33(44)25(6)38-19-29(18-30-20-50-21-39-30)41-35(46)28-15-27(16-31(17-28)43(7)51(8,48)49)34(45)40-24(5)26-12-10-11-23(4)14-26/h10-12,14-17,20-22,24-25,29,32,38H,9,13,18-19H2,1-8H3,(H,37,47)(H,40,45)(H,41,46)(H,42,44)/t24?,25-,29-,32-/m0/s1. The first-order chi connectivity index (χ1) is 24.0. The molecule has 13 nitrogen and oxygen atoms in total. The molecule has 0 fully saturated rings. The SMILES string of the molecule is CCNC(=O)[C@H](CC(C)C)NC(=O)[C@H](C)NC[C@H](Cc1cscn1)NC(=O)c1cc(C(=O)NC(C)c2cccc(C)c2)cc(N(C)S(C)(=O)=O)c1. The molecule has 0 bridgehead atoms. The number of carbonyl (C=O) groups is 4. The molecule has 1 aromatic heterocycles. The number of hydrogen-bond acceptors (Lipinski definition) is 9. The minimum absolute atomic E-state index is 0.0730. The van der Waals surface area contributed by atoms with E-state index in [9.17, 15) is 27.6 Å². The number of likely N-dealkylation sites (N-methyl/N-ethyl adjacent to an activating group) is 1. The summed E-state index contributed by atoms with van der Waals surface area (Å²) in [5.41, 5.74) is 4.66. The van der Waals surface area contributed by atoms with Crippen LogP contribution in [0.5, 0.6) is 0 Å². The normalized spacial score (nSPS) is 13.8. The zero-order valence-electron chi connectivity index (χ0n) is 30.6. The maximum Gasteiger partial charge on any atom is 0.251 e. The van der Waals surface area contributed by atoms with Gasteiger partial charge in [0, 0.05) is 49.1 Å². The molecular weight excluding hydrogens is 691 g/mol. The highest BCUT2D eigenvalue weighted by atomic mass is 32.2. The second-order valence-electron chi connectivity index (χ2n) is 13.2. The summed E-state index contributed by atoms with van der Waals surface area (Å²) in [6.07, 6.45) is 1.84. The van der Waals surface area contributed by atoms with E-state index in [-0.39, 0.29) is 47.1 Å². The van der Waals surface area contributed by atoms with Crippen molar-refractivity contribution in [2.24, 2.45) is 5.92 Å². The molecule has 51 heavy (non-hydrogen) atoms. The summed E-state index contributed by atoms with van der Waals surface area (Å²) in [6, 6.07) is 9.68. The first-order valence-corrected chi connectivity index (χ1v) is 19.7. The van der Waals surface area contributed by atoms with Crippen molar-refractivity contribution < 1.29 is 27.6 Å². The fourth-order valence-corrected chi connectivity index (χ4v) is 6.35. The summed E-state index contributed by atoms with van der Waals surface area (Å²) in [5, 5.41) is 16.6. The molecule has 15 heteroatoms. The summed E-state index contributed by atoms with van der Waals surface area (Å²) in [7, 11) is -2.38. The lowest BCUT2D eigenvalue weighted by molar-refractivity contribution is -0.130. The second-order valence-corrected chi connectivity index (χ2v) is 15.9. The third-order valence-corrected chi connectivity index (χ3v) is 10.1. The zero-order valence-corrected chi connectivity index (χ0v) is 32.2. The highest BCUT2D eigenvalue weighted by Crippen LogP contribution is 2.22. The lowest BCUT2D eigenvalue weighted by atomic mass is 10.0. The van der Waals surface area contributed by atoms with Gasteiger partial charge in [0.05, 0.1) is 35.2 Å². The fourth-order valence-electron chi connectivity index (χ4n) is 5.29. The topological polar surface area (TPSA) is 179 Å². The molecule has 0 aliphatic heterocycles. The van der Waals surface area contributed by atoms with Gasteiger partial charge in [-0.2, -0.15) is 0 Å². The third-order valence-electron chi connectivity index (χ3n) is 8.22. The van der Waals surface area contributed by atoms with Crippen molar-refractivity contribution in [2.45, 2.75) is 78.6 Å². The van der Waals surface area contributed by atoms with Crippen LogP contribution in [0.25, 0.3) is 0 Å². The lowest BCUT2D eigenvalue weighted by Crippen LogP contribution is -2.54. The highest BCUT2D eigenvalue weighted by Gasteiger charge is 2.26. The molecular formula is C36H51N7O6S2. The van der Waals surface area contributed by atoms with E-state index < -0.39 is 40.0 Å². The van der Waals surface area contributed by atoms with Crippen molar-refractivity contribution in [3.63, 3.8) is 0 Å². The number of amides is 4. The Balaban J connectivity index is 1.84. The molecule has 0 saturated heterocycles. The van der Waals surface area contributed by atoms with Gasteiger partial charge in [0.15, 0.2) is 0 Å². The molecule has 5 N–H and O–H groups in total. The molecule has 1 heterocycles. The van der Waals surface area contributed by atoms with Crippen LogP contribution < -0.4 is 30.9 Å². The molecule has 0 spiro atoms. The summed E-state index contributed by atoms with van der Waals surface area (Å²) < 4.78 is 26.0. The number of aryl methyl sites for hydroxylation is 1. The molecule has 0 aliphatic carbocycles. The Morgan fingerprint density at radius 2 is 1.59 bits per heavy atom. The van der Waals surface area contributed by atoms with Gasteiger partial charge in [-0.25, -0.2) is 13.4 Å². The Morgan fingerprint density at radius 3 is 2.16 bits per heavy atom. The molecule has 278 valence electrons. The number of thiazole rings is 1. The van der Waals surface area contributed by atoms with Gasteiger partial charge in [-0.3, -0.25) is 23.5 Å². The molecule has 0 saturated carbocycles. The van der Waals surface area contributed by atoms with E-state index in [2.05, 4.69) is 31.6 Å². The van der Waals surface area contributed by atoms with Crippen molar-refractivity contribution in [3.05, 3.63) is 81.3 Å². The van der Waals surface area contributed by atoms with Crippen LogP contribution >= 0.6 is 11.3 Å². The van der Waals surface area contributed by atoms with E-state index in [1.165, 1.54) is 36.6 Å². The number of rotatable bonds is 18. The maximum atomic E-state index is 13.8. The summed E-state index contributed by atoms with van der Waals surface area (Å²) >= 11 is 1.41. The van der Waals surface area contributed by atoms with Crippen LogP contribution in [0.15, 0.2) is 53.4 Å². The van der Waals surface area contributed by atoms with E-state index in [1.807, 2.05) is 64.3 Å². The number of nitrogens with one attached hydrogen (secondary N) is 5. The number of aromatic nitrogens is 1. The first-order valence-electron chi connectivity index (χ1n) is 16.9. The van der Waals surface area contributed by atoms with Crippen LogP contribution in [0.2, 0.25) is 0 Å². The van der Waals surface area contributed by atoms with Crippen molar-refractivity contribution >= 4 is 50.7 Å². The average Bonchev–Trinajstić information content (AvgIpc) is 3.58. The summed E-state index contributed by atoms with van der Waals surface area (Å²) in [4.78, 5) is 57.4. The Kier molecular flexibility index (Phi) is 15.1. The molecule has 4 amide bonds. The predicted molar refractivity (Wildman–Crippen MR) is 201 cm³/mol. The number of sulfonamides is 1. The quantitative estimate of drug-likeness (QED) is 0.132. The molecule has 1 unspecified atom stereocenters. The van der Waals surface area contributed by atoms with E-state index in [1.54, 1.807) is 12.4 Å². The molecule has 0 aliphatic rings. The van der Waals surface area contributed by atoms with Gasteiger partial charge in [0.25, 0.3) is 11.8 Å². The van der Waals surface area contributed by atoms with Crippen LogP contribution in [0.4, 0.5) is 5.69 Å². The molecule has 2 aromatic carbocycles. The Bertz CT molecular complexity index is 1760. The van der Waals surface area contributed by atoms with Gasteiger partial charge < -0.3 is 26.6 Å². The highest BCUT2D eigenvalue weighted by molar-refractivity contribution is 7.92. The van der Waals surface area contributed by atoms with Gasteiger partial charge in [-0.1, -0.05) is 43.7 Å². The van der Waals surface area contributed by atoms with Crippen molar-refractivity contribution in [3.8, 4) is 0 Å². The van der Waals surface area contributed by atoms with Gasteiger partial charge in [-0.05, 0) is 63.8 Å². The third kappa shape index (κ3) is 12.7. The molecule has 3 rings (SSSR count). The number of carbonyl (C=O) groups excluding carboxylic acids is 4. The van der Waals surface area contributed by atoms with Crippen molar-refractivity contribution in [1.82, 2.24) is 31.6 Å². The summed E-state index contributed by atoms with van der Waals surface area (Å²) in [6.45, 7) is 11.8. The van der Waals surface area contributed by atoms with Crippen molar-refractivity contribution in [2.75, 3.05) is 30.7 Å². The minimum atomic E-state index is -3.73. The van der Waals surface area contributed by atoms with Crippen LogP contribution in [-0.2, 0) is 26.0 Å². The number of anilines is 1. The van der Waals surface area contributed by atoms with Crippen molar-refractivity contribution in [1.29, 1.82) is 0 Å². The lowest BCUT2D eigenvalue weighted by Gasteiger charge is -2.25. The predicted octanol–water partition coefficient (Wildman–Crippen LogP) is 3.32. The number of hydrogen-bond donors (Lipinski definition) is 5. The monoisotopic (exact) mass is 741 g/mol. The second kappa shape index (κ2) is 18.8. The van der Waals surface area contributed by atoms with E-state index in [4.69, 9.17) is 0 Å². The van der Waals surface area contributed by atoms with Crippen LogP contribution in [-0.4, -0.2) is 81.5 Å². The maximum absolute atomic E-state index is 13.8. The van der Waals surface area contributed by atoms with Crippen LogP contribution in [0, 0.1) is 12.8 Å². The smallest absolute Gasteiger partial charge is 0.251 e. The average molecular weight is 742 g/mol. The first kappa shape index (κ1) is 41.1. The van der Waals surface area contributed by atoms with Crippen LogP contribution in [0.3, 0.4) is 0 Å². The fraction of sp³-hybridized carbons (Fsp3) is 0.472. The summed E-state index contributed by atoms with van der Waals surface area (Å²) in [5.74, 6) is -1.46. The van der Waals surface area contributed by atoms with E-state index in [0.29, 0.717) is 19.4 Å². The minimum Gasteiger partial charge on any atom is -0.355 e. The Morgan fingerprint density at radius 1 is 0.922 bits per heavy atom. The molecule has 3 aromatic rings. The number of nitrogens with zero attached hydrogens (tertiary/aromatic N) is 2. The van der Waals surface area contributed by atoms with Crippen LogP contribution in [0.1, 0.15) is 84.6 Å². The Hall–Kier alpha value is -4.34. The van der Waals surface area contributed by atoms with Gasteiger partial charge in [-0.15, -0.1) is 11.3 Å². The molecule has 0 radical (unpaired) electrons.